The molecule has 0 amide bonds. The fraction of sp³-hybridized carbons (Fsp3) is 0.333. The predicted molar refractivity (Wildman–Crippen MR) is 83.8 cm³/mol. The highest BCUT2D eigenvalue weighted by atomic mass is 16.5. The molecular formula is C18H22O3. The highest BCUT2D eigenvalue weighted by Crippen LogP contribution is 2.23. The van der Waals surface area contributed by atoms with Gasteiger partial charge in [0.25, 0.3) is 0 Å². The van der Waals surface area contributed by atoms with Gasteiger partial charge in [0.05, 0.1) is 13.7 Å². The van der Waals surface area contributed by atoms with Crippen LogP contribution < -0.4 is 9.47 Å². The average Bonchev–Trinajstić information content (AvgIpc) is 2.52. The van der Waals surface area contributed by atoms with Gasteiger partial charge in [-0.1, -0.05) is 32.0 Å². The maximum atomic E-state index is 9.21. The number of hydrogen-bond donors (Lipinski definition) is 1. The van der Waals surface area contributed by atoms with Gasteiger partial charge in [0.2, 0.25) is 0 Å². The van der Waals surface area contributed by atoms with E-state index in [4.69, 9.17) is 9.47 Å². The van der Waals surface area contributed by atoms with Gasteiger partial charge < -0.3 is 14.6 Å². The van der Waals surface area contributed by atoms with Crippen LogP contribution in [0.4, 0.5) is 0 Å². The quantitative estimate of drug-likeness (QED) is 0.875. The third-order valence-corrected chi connectivity index (χ3v) is 3.47. The fourth-order valence-electron chi connectivity index (χ4n) is 2.15. The normalized spacial score (nSPS) is 10.7. The molecule has 0 bridgehead atoms. The number of hydrogen-bond acceptors (Lipinski definition) is 3. The van der Waals surface area contributed by atoms with E-state index in [-0.39, 0.29) is 6.61 Å². The monoisotopic (exact) mass is 286 g/mol. The topological polar surface area (TPSA) is 38.7 Å². The molecule has 0 fully saturated rings. The molecule has 0 aromatic heterocycles. The van der Waals surface area contributed by atoms with Crippen LogP contribution in [0, 0.1) is 0 Å². The van der Waals surface area contributed by atoms with Crippen LogP contribution in [0.25, 0.3) is 0 Å². The van der Waals surface area contributed by atoms with Gasteiger partial charge in [0, 0.05) is 5.56 Å². The van der Waals surface area contributed by atoms with Crippen molar-refractivity contribution in [3.63, 3.8) is 0 Å². The average molecular weight is 286 g/mol. The molecule has 0 unspecified atom stereocenters. The molecule has 1 N–H and O–H groups in total. The molecule has 21 heavy (non-hydrogen) atoms. The summed E-state index contributed by atoms with van der Waals surface area (Å²) < 4.78 is 11.1. The molecule has 0 aliphatic rings. The van der Waals surface area contributed by atoms with Gasteiger partial charge in [-0.05, 0) is 41.3 Å². The SMILES string of the molecule is COc1ccc(CO)cc1COc1ccc(C(C)C)cc1. The minimum atomic E-state index is 0.0140. The van der Waals surface area contributed by atoms with Gasteiger partial charge >= 0.3 is 0 Å². The molecule has 2 aromatic rings. The first kappa shape index (κ1) is 15.4. The van der Waals surface area contributed by atoms with Crippen LogP contribution in [0.3, 0.4) is 0 Å². The number of benzene rings is 2. The second-order valence-electron chi connectivity index (χ2n) is 5.32. The summed E-state index contributed by atoms with van der Waals surface area (Å²) in [7, 11) is 1.63. The third-order valence-electron chi connectivity index (χ3n) is 3.47. The molecule has 0 spiro atoms. The van der Waals surface area contributed by atoms with Crippen LogP contribution in [0.5, 0.6) is 11.5 Å². The van der Waals surface area contributed by atoms with Crippen molar-refractivity contribution < 1.29 is 14.6 Å². The van der Waals surface area contributed by atoms with Crippen molar-refractivity contribution in [3.8, 4) is 11.5 Å². The summed E-state index contributed by atoms with van der Waals surface area (Å²) in [5.41, 5.74) is 3.07. The maximum absolute atomic E-state index is 9.21. The molecule has 3 heteroatoms. The molecule has 3 nitrogen and oxygen atoms in total. The van der Waals surface area contributed by atoms with E-state index in [0.29, 0.717) is 12.5 Å². The van der Waals surface area contributed by atoms with Crippen LogP contribution >= 0.6 is 0 Å². The molecule has 2 aromatic carbocycles. The largest absolute Gasteiger partial charge is 0.496 e. The Hall–Kier alpha value is -2.00. The standard InChI is InChI=1S/C18H22O3/c1-13(2)15-5-7-17(8-6-15)21-12-16-10-14(11-19)4-9-18(16)20-3/h4-10,13,19H,11-12H2,1-3H3. The number of aliphatic hydroxyl groups excluding tert-OH is 1. The Morgan fingerprint density at radius 3 is 2.33 bits per heavy atom. The molecule has 2 rings (SSSR count). The molecule has 0 aliphatic heterocycles. The van der Waals surface area contributed by atoms with E-state index in [2.05, 4.69) is 26.0 Å². The van der Waals surface area contributed by atoms with Gasteiger partial charge in [-0.3, -0.25) is 0 Å². The van der Waals surface area contributed by atoms with E-state index in [1.807, 2.05) is 30.3 Å². The number of aliphatic hydroxyl groups is 1. The lowest BCUT2D eigenvalue weighted by molar-refractivity contribution is 0.278. The van der Waals surface area contributed by atoms with Gasteiger partial charge in [-0.15, -0.1) is 0 Å². The second-order valence-corrected chi connectivity index (χ2v) is 5.32. The Balaban J connectivity index is 2.08. The second kappa shape index (κ2) is 7.14. The minimum absolute atomic E-state index is 0.0140. The summed E-state index contributed by atoms with van der Waals surface area (Å²) in [5, 5.41) is 9.21. The van der Waals surface area contributed by atoms with Gasteiger partial charge in [-0.25, -0.2) is 0 Å². The van der Waals surface area contributed by atoms with Crippen molar-refractivity contribution in [3.05, 3.63) is 59.2 Å². The summed E-state index contributed by atoms with van der Waals surface area (Å²) in [6.45, 7) is 4.76. The van der Waals surface area contributed by atoms with Crippen LogP contribution in [0.2, 0.25) is 0 Å². The molecule has 0 heterocycles. The van der Waals surface area contributed by atoms with Crippen molar-refractivity contribution in [1.29, 1.82) is 0 Å². The molecule has 0 saturated carbocycles. The number of ether oxygens (including phenoxy) is 2. The molecule has 0 radical (unpaired) electrons. The molecule has 0 atom stereocenters. The van der Waals surface area contributed by atoms with E-state index in [1.54, 1.807) is 7.11 Å². The zero-order valence-corrected chi connectivity index (χ0v) is 12.8. The first-order valence-electron chi connectivity index (χ1n) is 7.13. The Kier molecular flexibility index (Phi) is 5.23. The summed E-state index contributed by atoms with van der Waals surface area (Å²) in [6.07, 6.45) is 0. The van der Waals surface area contributed by atoms with E-state index in [0.717, 1.165) is 22.6 Å². The summed E-state index contributed by atoms with van der Waals surface area (Å²) >= 11 is 0. The van der Waals surface area contributed by atoms with Gasteiger partial charge in [0.15, 0.2) is 0 Å². The fourth-order valence-corrected chi connectivity index (χ4v) is 2.15. The minimum Gasteiger partial charge on any atom is -0.496 e. The summed E-state index contributed by atoms with van der Waals surface area (Å²) in [4.78, 5) is 0. The lowest BCUT2D eigenvalue weighted by Gasteiger charge is -2.12. The lowest BCUT2D eigenvalue weighted by atomic mass is 10.0. The highest BCUT2D eigenvalue weighted by molar-refractivity contribution is 5.37. The van der Waals surface area contributed by atoms with Crippen molar-refractivity contribution in [2.75, 3.05) is 7.11 Å². The molecule has 112 valence electrons. The Bertz CT molecular complexity index is 574. The van der Waals surface area contributed by atoms with Crippen molar-refractivity contribution >= 4 is 0 Å². The Morgan fingerprint density at radius 1 is 1.05 bits per heavy atom. The Morgan fingerprint density at radius 2 is 1.76 bits per heavy atom. The molecular weight excluding hydrogens is 264 g/mol. The van der Waals surface area contributed by atoms with E-state index in [1.165, 1.54) is 5.56 Å². The van der Waals surface area contributed by atoms with Crippen molar-refractivity contribution in [2.24, 2.45) is 0 Å². The van der Waals surface area contributed by atoms with E-state index >= 15 is 0 Å². The maximum Gasteiger partial charge on any atom is 0.125 e. The third kappa shape index (κ3) is 3.99. The first-order chi connectivity index (χ1) is 10.1. The van der Waals surface area contributed by atoms with E-state index < -0.39 is 0 Å². The van der Waals surface area contributed by atoms with Crippen LogP contribution in [-0.2, 0) is 13.2 Å². The van der Waals surface area contributed by atoms with E-state index in [9.17, 15) is 5.11 Å². The van der Waals surface area contributed by atoms with Crippen molar-refractivity contribution in [1.82, 2.24) is 0 Å². The Labute approximate surface area is 126 Å². The molecule has 0 aliphatic carbocycles. The lowest BCUT2D eigenvalue weighted by Crippen LogP contribution is -2.00. The highest BCUT2D eigenvalue weighted by Gasteiger charge is 2.06. The van der Waals surface area contributed by atoms with Crippen molar-refractivity contribution in [2.45, 2.75) is 33.0 Å². The smallest absolute Gasteiger partial charge is 0.125 e. The zero-order valence-electron chi connectivity index (χ0n) is 12.8. The van der Waals surface area contributed by atoms with Crippen LogP contribution in [-0.4, -0.2) is 12.2 Å². The van der Waals surface area contributed by atoms with Gasteiger partial charge in [-0.2, -0.15) is 0 Å². The molecule has 0 saturated heterocycles. The first-order valence-corrected chi connectivity index (χ1v) is 7.13. The summed E-state index contributed by atoms with van der Waals surface area (Å²) in [6, 6.07) is 13.7. The van der Waals surface area contributed by atoms with Gasteiger partial charge in [0.1, 0.15) is 18.1 Å². The predicted octanol–water partition coefficient (Wildman–Crippen LogP) is 3.89. The van der Waals surface area contributed by atoms with Crippen LogP contribution in [0.15, 0.2) is 42.5 Å². The zero-order chi connectivity index (χ0) is 15.2. The number of rotatable bonds is 6. The summed E-state index contributed by atoms with van der Waals surface area (Å²) in [5.74, 6) is 2.11. The number of methoxy groups -OCH3 is 1. The van der Waals surface area contributed by atoms with Crippen LogP contribution in [0.1, 0.15) is 36.5 Å².